The van der Waals surface area contributed by atoms with Gasteiger partial charge >= 0.3 is 5.97 Å². The molecule has 0 N–H and O–H groups in total. The van der Waals surface area contributed by atoms with Gasteiger partial charge in [-0.25, -0.2) is 4.79 Å². The molecule has 2 aromatic carbocycles. The maximum Gasteiger partial charge on any atom is 0.338 e. The lowest BCUT2D eigenvalue weighted by molar-refractivity contribution is -0.135. The molecule has 1 atom stereocenters. The fourth-order valence-corrected chi connectivity index (χ4v) is 3.22. The maximum absolute atomic E-state index is 12.5. The number of rotatable bonds is 7. The molecule has 0 aromatic heterocycles. The zero-order chi connectivity index (χ0) is 20.1. The quantitative estimate of drug-likeness (QED) is 0.544. The highest BCUT2D eigenvalue weighted by atomic mass is 16.5. The Bertz CT molecular complexity index is 848. The summed E-state index contributed by atoms with van der Waals surface area (Å²) in [6, 6.07) is 17.5. The summed E-state index contributed by atoms with van der Waals surface area (Å²) in [5.41, 5.74) is 0.191. The van der Waals surface area contributed by atoms with Crippen molar-refractivity contribution in [3.8, 4) is 0 Å². The van der Waals surface area contributed by atoms with Crippen LogP contribution in [-0.4, -0.2) is 47.5 Å². The second-order valence-electron chi connectivity index (χ2n) is 7.28. The third kappa shape index (κ3) is 4.46. The minimum atomic E-state index is -0.820. The highest BCUT2D eigenvalue weighted by molar-refractivity contribution is 5.96. The summed E-state index contributed by atoms with van der Waals surface area (Å²) in [5, 5.41) is 0. The average Bonchev–Trinajstić information content (AvgIpc) is 3.08. The van der Waals surface area contributed by atoms with Gasteiger partial charge in [-0.05, 0) is 26.0 Å². The number of carbonyl (C=O) groups excluding carboxylic acids is 3. The molecule has 146 valence electrons. The first kappa shape index (κ1) is 19.8. The Hall–Kier alpha value is -2.99. The van der Waals surface area contributed by atoms with Crippen molar-refractivity contribution in [2.24, 2.45) is 0 Å². The number of hydrogen-bond donors (Lipinski definition) is 0. The summed E-state index contributed by atoms with van der Waals surface area (Å²) < 4.78 is 11.0. The normalized spacial score (nSPS) is 16.9. The molecule has 2 aromatic rings. The van der Waals surface area contributed by atoms with Crippen molar-refractivity contribution >= 4 is 17.7 Å². The third-order valence-corrected chi connectivity index (χ3v) is 4.63. The molecule has 0 spiro atoms. The Kier molecular flexibility index (Phi) is 5.90. The Labute approximate surface area is 164 Å². The van der Waals surface area contributed by atoms with Crippen molar-refractivity contribution in [2.45, 2.75) is 32.0 Å². The number of esters is 1. The molecule has 0 unspecified atom stereocenters. The van der Waals surface area contributed by atoms with E-state index in [0.717, 1.165) is 0 Å². The van der Waals surface area contributed by atoms with E-state index >= 15 is 0 Å². The molecule has 1 saturated heterocycles. The molecule has 0 saturated carbocycles. The van der Waals surface area contributed by atoms with E-state index in [-0.39, 0.29) is 31.3 Å². The topological polar surface area (TPSA) is 72.9 Å². The predicted molar refractivity (Wildman–Crippen MR) is 103 cm³/mol. The van der Waals surface area contributed by atoms with E-state index in [1.54, 1.807) is 62.4 Å². The standard InChI is InChI=1S/C22H23NO5/c1-22(2,15-28-21(26)17-11-7-4-8-12-17)23-19(25)14-27-20(23)13-18(24)16-9-5-3-6-10-16/h3-12,20H,13-15H2,1-2H3/t20-/m1/s1. The first-order chi connectivity index (χ1) is 13.4. The van der Waals surface area contributed by atoms with Crippen LogP contribution < -0.4 is 0 Å². The molecule has 28 heavy (non-hydrogen) atoms. The molecular weight excluding hydrogens is 358 g/mol. The molecule has 3 rings (SSSR count). The number of nitrogens with zero attached hydrogens (tertiary/aromatic N) is 1. The van der Waals surface area contributed by atoms with Crippen LogP contribution in [-0.2, 0) is 14.3 Å². The lowest BCUT2D eigenvalue weighted by Gasteiger charge is -2.37. The molecule has 1 amide bonds. The second kappa shape index (κ2) is 8.35. The van der Waals surface area contributed by atoms with E-state index in [1.165, 1.54) is 4.90 Å². The molecule has 0 radical (unpaired) electrons. The molecule has 1 aliphatic rings. The molecule has 0 bridgehead atoms. The zero-order valence-electron chi connectivity index (χ0n) is 16.0. The van der Waals surface area contributed by atoms with Gasteiger partial charge in [0.05, 0.1) is 17.5 Å². The average molecular weight is 381 g/mol. The van der Waals surface area contributed by atoms with Crippen LogP contribution in [0.25, 0.3) is 0 Å². The molecule has 6 heteroatoms. The van der Waals surface area contributed by atoms with E-state index < -0.39 is 17.7 Å². The van der Waals surface area contributed by atoms with E-state index in [9.17, 15) is 14.4 Å². The van der Waals surface area contributed by atoms with Gasteiger partial charge in [0.25, 0.3) is 5.91 Å². The minimum Gasteiger partial charge on any atom is -0.460 e. The van der Waals surface area contributed by atoms with Gasteiger partial charge in [0.15, 0.2) is 5.78 Å². The number of amides is 1. The van der Waals surface area contributed by atoms with Crippen molar-refractivity contribution < 1.29 is 23.9 Å². The van der Waals surface area contributed by atoms with Crippen LogP contribution in [0.5, 0.6) is 0 Å². The van der Waals surface area contributed by atoms with Gasteiger partial charge in [-0.3, -0.25) is 9.59 Å². The van der Waals surface area contributed by atoms with Crippen molar-refractivity contribution in [3.63, 3.8) is 0 Å². The molecule has 0 aliphatic carbocycles. The molecule has 6 nitrogen and oxygen atoms in total. The Morgan fingerprint density at radius 1 is 1.04 bits per heavy atom. The summed E-state index contributed by atoms with van der Waals surface area (Å²) in [7, 11) is 0. The largest absolute Gasteiger partial charge is 0.460 e. The number of hydrogen-bond acceptors (Lipinski definition) is 5. The Morgan fingerprint density at radius 3 is 2.21 bits per heavy atom. The number of carbonyl (C=O) groups is 3. The smallest absolute Gasteiger partial charge is 0.338 e. The lowest BCUT2D eigenvalue weighted by Crippen LogP contribution is -2.53. The van der Waals surface area contributed by atoms with Crippen molar-refractivity contribution in [3.05, 3.63) is 71.8 Å². The first-order valence-corrected chi connectivity index (χ1v) is 9.13. The van der Waals surface area contributed by atoms with Crippen LogP contribution in [0.4, 0.5) is 0 Å². The van der Waals surface area contributed by atoms with E-state index in [4.69, 9.17) is 9.47 Å². The van der Waals surface area contributed by atoms with Gasteiger partial charge in [0.1, 0.15) is 19.4 Å². The van der Waals surface area contributed by atoms with Crippen molar-refractivity contribution in [1.82, 2.24) is 4.90 Å². The number of ketones is 1. The van der Waals surface area contributed by atoms with E-state index in [2.05, 4.69) is 0 Å². The van der Waals surface area contributed by atoms with Crippen LogP contribution in [0.2, 0.25) is 0 Å². The SMILES string of the molecule is CC(C)(COC(=O)c1ccccc1)N1C(=O)CO[C@@H]1CC(=O)c1ccccc1. The minimum absolute atomic E-state index is 0.00808. The lowest BCUT2D eigenvalue weighted by atomic mass is 10.0. The Morgan fingerprint density at radius 2 is 1.61 bits per heavy atom. The van der Waals surface area contributed by atoms with E-state index in [0.29, 0.717) is 11.1 Å². The van der Waals surface area contributed by atoms with E-state index in [1.807, 2.05) is 12.1 Å². The zero-order valence-corrected chi connectivity index (χ0v) is 16.0. The highest BCUT2D eigenvalue weighted by Gasteiger charge is 2.43. The Balaban J connectivity index is 1.67. The van der Waals surface area contributed by atoms with Crippen LogP contribution in [0, 0.1) is 0 Å². The van der Waals surface area contributed by atoms with Gasteiger partial charge in [-0.15, -0.1) is 0 Å². The molecular formula is C22H23NO5. The summed E-state index contributed by atoms with van der Waals surface area (Å²) in [5.74, 6) is -0.799. The van der Waals surface area contributed by atoms with Crippen LogP contribution in [0.3, 0.4) is 0 Å². The first-order valence-electron chi connectivity index (χ1n) is 9.13. The summed E-state index contributed by atoms with van der Waals surface area (Å²) in [6.45, 7) is 3.48. The van der Waals surface area contributed by atoms with Crippen LogP contribution in [0.15, 0.2) is 60.7 Å². The number of ether oxygens (including phenoxy) is 2. The van der Waals surface area contributed by atoms with Gasteiger partial charge in [0, 0.05) is 5.56 Å². The third-order valence-electron chi connectivity index (χ3n) is 4.63. The summed E-state index contributed by atoms with van der Waals surface area (Å²) in [6.07, 6.45) is -0.642. The summed E-state index contributed by atoms with van der Waals surface area (Å²) in [4.78, 5) is 38.7. The van der Waals surface area contributed by atoms with Gasteiger partial charge in [-0.1, -0.05) is 48.5 Å². The predicted octanol–water partition coefficient (Wildman–Crippen LogP) is 3.08. The van der Waals surface area contributed by atoms with Gasteiger partial charge < -0.3 is 14.4 Å². The van der Waals surface area contributed by atoms with Gasteiger partial charge in [-0.2, -0.15) is 0 Å². The van der Waals surface area contributed by atoms with Crippen LogP contribution >= 0.6 is 0 Å². The fraction of sp³-hybridized carbons (Fsp3) is 0.318. The van der Waals surface area contributed by atoms with Crippen molar-refractivity contribution in [2.75, 3.05) is 13.2 Å². The number of benzene rings is 2. The monoisotopic (exact) mass is 381 g/mol. The van der Waals surface area contributed by atoms with Crippen molar-refractivity contribution in [1.29, 1.82) is 0 Å². The highest BCUT2D eigenvalue weighted by Crippen LogP contribution is 2.27. The summed E-state index contributed by atoms with van der Waals surface area (Å²) >= 11 is 0. The fourth-order valence-electron chi connectivity index (χ4n) is 3.22. The molecule has 1 fully saturated rings. The molecule has 1 aliphatic heterocycles. The molecule has 1 heterocycles. The number of Topliss-reactive ketones (excluding diaryl/α,β-unsaturated/α-hetero) is 1. The van der Waals surface area contributed by atoms with Crippen LogP contribution in [0.1, 0.15) is 41.0 Å². The second-order valence-corrected chi connectivity index (χ2v) is 7.28. The maximum atomic E-state index is 12.5. The van der Waals surface area contributed by atoms with Gasteiger partial charge in [0.2, 0.25) is 0 Å².